The summed E-state index contributed by atoms with van der Waals surface area (Å²) in [4.78, 5) is 35.3. The van der Waals surface area contributed by atoms with Gasteiger partial charge < -0.3 is 14.6 Å². The minimum atomic E-state index is -0.434. The first kappa shape index (κ1) is 18.8. The van der Waals surface area contributed by atoms with E-state index in [-0.39, 0.29) is 12.1 Å². The average Bonchev–Trinajstić information content (AvgIpc) is 3.35. The van der Waals surface area contributed by atoms with Crippen molar-refractivity contribution in [3.05, 3.63) is 48.6 Å². The van der Waals surface area contributed by atoms with E-state index in [4.69, 9.17) is 4.74 Å². The summed E-state index contributed by atoms with van der Waals surface area (Å²) in [7, 11) is 0. The van der Waals surface area contributed by atoms with Gasteiger partial charge in [-0.15, -0.1) is 0 Å². The van der Waals surface area contributed by atoms with Crippen molar-refractivity contribution in [3.8, 4) is 5.69 Å². The SMILES string of the molecule is CC[C@H]1COC(=O)N1c1nc(C)nc(N[C@@H](C)c2cn(-c3cccnc3)cn2)n1. The highest BCUT2D eigenvalue weighted by molar-refractivity contribution is 5.88. The summed E-state index contributed by atoms with van der Waals surface area (Å²) in [5, 5.41) is 3.24. The third-order valence-electron chi connectivity index (χ3n) is 4.72. The zero-order valence-electron chi connectivity index (χ0n) is 16.5. The fourth-order valence-electron chi connectivity index (χ4n) is 3.12. The number of hydrogen-bond acceptors (Lipinski definition) is 8. The number of nitrogens with one attached hydrogen (secondary N) is 1. The van der Waals surface area contributed by atoms with E-state index in [0.717, 1.165) is 17.8 Å². The fourth-order valence-corrected chi connectivity index (χ4v) is 3.12. The maximum Gasteiger partial charge on any atom is 0.417 e. The molecule has 0 saturated carbocycles. The largest absolute Gasteiger partial charge is 0.447 e. The predicted octanol–water partition coefficient (Wildman–Crippen LogP) is 2.67. The summed E-state index contributed by atoms with van der Waals surface area (Å²) in [6.07, 6.45) is 7.48. The molecule has 0 aromatic carbocycles. The summed E-state index contributed by atoms with van der Waals surface area (Å²) < 4.78 is 7.05. The number of rotatable bonds is 6. The molecule has 3 aromatic heterocycles. The number of hydrogen-bond donors (Lipinski definition) is 1. The zero-order valence-corrected chi connectivity index (χ0v) is 16.5. The highest BCUT2D eigenvalue weighted by atomic mass is 16.6. The van der Waals surface area contributed by atoms with Gasteiger partial charge in [0.25, 0.3) is 0 Å². The van der Waals surface area contributed by atoms with E-state index >= 15 is 0 Å². The van der Waals surface area contributed by atoms with Gasteiger partial charge in [0.15, 0.2) is 0 Å². The van der Waals surface area contributed by atoms with Crippen molar-refractivity contribution in [2.24, 2.45) is 0 Å². The standard InChI is InChI=1S/C19H22N8O2/c1-4-14-10-29-19(28)27(14)18-24-13(3)23-17(25-18)22-12(2)16-9-26(11-21-16)15-6-5-7-20-8-15/h5-9,11-12,14H,4,10H2,1-3H3,(H,22,23,24,25)/t12-,14-/m0/s1. The molecule has 4 heterocycles. The molecular formula is C19H22N8O2. The highest BCUT2D eigenvalue weighted by Crippen LogP contribution is 2.23. The number of anilines is 2. The Labute approximate surface area is 168 Å². The van der Waals surface area contributed by atoms with E-state index in [9.17, 15) is 4.79 Å². The van der Waals surface area contributed by atoms with Gasteiger partial charge in [-0.2, -0.15) is 15.0 Å². The number of carbonyl (C=O) groups is 1. The van der Waals surface area contributed by atoms with E-state index < -0.39 is 6.09 Å². The van der Waals surface area contributed by atoms with E-state index in [1.165, 1.54) is 4.90 Å². The molecule has 4 rings (SSSR count). The topological polar surface area (TPSA) is 111 Å². The second-order valence-electron chi connectivity index (χ2n) is 6.80. The second-order valence-corrected chi connectivity index (χ2v) is 6.80. The molecule has 150 valence electrons. The van der Waals surface area contributed by atoms with Gasteiger partial charge in [-0.25, -0.2) is 14.7 Å². The molecule has 0 spiro atoms. The maximum atomic E-state index is 12.1. The number of ether oxygens (including phenoxy) is 1. The van der Waals surface area contributed by atoms with Crippen LogP contribution in [0.2, 0.25) is 0 Å². The van der Waals surface area contributed by atoms with Gasteiger partial charge >= 0.3 is 6.09 Å². The van der Waals surface area contributed by atoms with Crippen molar-refractivity contribution >= 4 is 18.0 Å². The molecule has 1 aliphatic rings. The van der Waals surface area contributed by atoms with Crippen molar-refractivity contribution in [2.45, 2.75) is 39.3 Å². The molecule has 1 aliphatic heterocycles. The molecule has 1 amide bonds. The van der Waals surface area contributed by atoms with E-state index in [1.807, 2.05) is 36.7 Å². The number of aryl methyl sites for hydroxylation is 1. The van der Waals surface area contributed by atoms with Crippen LogP contribution in [0, 0.1) is 6.92 Å². The monoisotopic (exact) mass is 394 g/mol. The van der Waals surface area contributed by atoms with Gasteiger partial charge in [-0.1, -0.05) is 6.92 Å². The number of cyclic esters (lactones) is 1. The van der Waals surface area contributed by atoms with Crippen LogP contribution in [0.5, 0.6) is 0 Å². The highest BCUT2D eigenvalue weighted by Gasteiger charge is 2.35. The summed E-state index contributed by atoms with van der Waals surface area (Å²) in [6, 6.07) is 3.59. The van der Waals surface area contributed by atoms with Gasteiger partial charge in [-0.3, -0.25) is 4.98 Å². The molecular weight excluding hydrogens is 372 g/mol. The smallest absolute Gasteiger partial charge is 0.417 e. The van der Waals surface area contributed by atoms with E-state index in [2.05, 4.69) is 30.2 Å². The molecule has 3 aromatic rings. The van der Waals surface area contributed by atoms with Crippen LogP contribution in [0.25, 0.3) is 5.69 Å². The van der Waals surface area contributed by atoms with Crippen LogP contribution in [0.4, 0.5) is 16.7 Å². The predicted molar refractivity (Wildman–Crippen MR) is 106 cm³/mol. The molecule has 0 bridgehead atoms. The number of pyridine rings is 1. The zero-order chi connectivity index (χ0) is 20.4. The van der Waals surface area contributed by atoms with Gasteiger partial charge in [0.1, 0.15) is 12.4 Å². The van der Waals surface area contributed by atoms with Crippen LogP contribution in [-0.2, 0) is 4.74 Å². The summed E-state index contributed by atoms with van der Waals surface area (Å²) in [6.45, 7) is 6.06. The van der Waals surface area contributed by atoms with Gasteiger partial charge in [0.2, 0.25) is 11.9 Å². The molecule has 1 N–H and O–H groups in total. The molecule has 10 nitrogen and oxygen atoms in total. The van der Waals surface area contributed by atoms with Crippen LogP contribution in [0.15, 0.2) is 37.1 Å². The van der Waals surface area contributed by atoms with Crippen molar-refractivity contribution in [3.63, 3.8) is 0 Å². The number of imidazole rings is 1. The van der Waals surface area contributed by atoms with Crippen molar-refractivity contribution in [1.82, 2.24) is 29.5 Å². The lowest BCUT2D eigenvalue weighted by atomic mass is 10.2. The average molecular weight is 394 g/mol. The van der Waals surface area contributed by atoms with Crippen LogP contribution in [-0.4, -0.2) is 48.2 Å². The summed E-state index contributed by atoms with van der Waals surface area (Å²) in [5.74, 6) is 1.19. The summed E-state index contributed by atoms with van der Waals surface area (Å²) in [5.41, 5.74) is 1.75. The Kier molecular flexibility index (Phi) is 5.07. The second kappa shape index (κ2) is 7.82. The first-order chi connectivity index (χ1) is 14.0. The molecule has 29 heavy (non-hydrogen) atoms. The van der Waals surface area contributed by atoms with Crippen molar-refractivity contribution in [2.75, 3.05) is 16.8 Å². The Balaban J connectivity index is 1.54. The minimum absolute atomic E-state index is 0.0789. The maximum absolute atomic E-state index is 12.1. The molecule has 0 radical (unpaired) electrons. The quantitative estimate of drug-likeness (QED) is 0.679. The number of carbonyl (C=O) groups excluding carboxylic acids is 1. The molecule has 10 heteroatoms. The normalized spacial score (nSPS) is 17.3. The van der Waals surface area contributed by atoms with Crippen LogP contribution >= 0.6 is 0 Å². The Morgan fingerprint density at radius 1 is 1.34 bits per heavy atom. The van der Waals surface area contributed by atoms with Crippen LogP contribution in [0.3, 0.4) is 0 Å². The lowest BCUT2D eigenvalue weighted by Crippen LogP contribution is -2.34. The Morgan fingerprint density at radius 2 is 2.21 bits per heavy atom. The fraction of sp³-hybridized carbons (Fsp3) is 0.368. The molecule has 0 unspecified atom stereocenters. The molecule has 0 aliphatic carbocycles. The Bertz CT molecular complexity index is 1010. The number of nitrogens with zero attached hydrogens (tertiary/aromatic N) is 7. The lowest BCUT2D eigenvalue weighted by molar-refractivity contribution is 0.178. The first-order valence-corrected chi connectivity index (χ1v) is 9.44. The van der Waals surface area contributed by atoms with Crippen molar-refractivity contribution < 1.29 is 9.53 Å². The third-order valence-corrected chi connectivity index (χ3v) is 4.72. The van der Waals surface area contributed by atoms with Gasteiger partial charge in [0, 0.05) is 12.4 Å². The lowest BCUT2D eigenvalue weighted by Gasteiger charge is -2.19. The third kappa shape index (κ3) is 3.86. The van der Waals surface area contributed by atoms with Gasteiger partial charge in [-0.05, 0) is 32.4 Å². The van der Waals surface area contributed by atoms with E-state index in [1.54, 1.807) is 25.6 Å². The van der Waals surface area contributed by atoms with Gasteiger partial charge in [0.05, 0.1) is 36.0 Å². The van der Waals surface area contributed by atoms with Crippen molar-refractivity contribution in [1.29, 1.82) is 0 Å². The molecule has 1 saturated heterocycles. The van der Waals surface area contributed by atoms with E-state index in [0.29, 0.717) is 24.3 Å². The first-order valence-electron chi connectivity index (χ1n) is 9.44. The number of aromatic nitrogens is 6. The Hall–Kier alpha value is -3.56. The van der Waals surface area contributed by atoms with Crippen LogP contribution in [0.1, 0.15) is 37.8 Å². The van der Waals surface area contributed by atoms with Crippen LogP contribution < -0.4 is 10.2 Å². The number of amides is 1. The minimum Gasteiger partial charge on any atom is -0.447 e. The summed E-state index contributed by atoms with van der Waals surface area (Å²) >= 11 is 0. The Morgan fingerprint density at radius 3 is 2.97 bits per heavy atom. The molecule has 2 atom stereocenters. The molecule has 1 fully saturated rings.